The van der Waals surface area contributed by atoms with Crippen molar-refractivity contribution >= 4 is 22.1 Å². The van der Waals surface area contributed by atoms with Crippen LogP contribution in [0.15, 0.2) is 60.7 Å². The SMILES string of the molecule is COc1ccc(Nc2cc[c]c3ccccc23)cc1. The van der Waals surface area contributed by atoms with E-state index < -0.39 is 0 Å². The molecule has 0 saturated carbocycles. The number of methoxy groups -OCH3 is 1. The summed E-state index contributed by atoms with van der Waals surface area (Å²) >= 11 is 0. The summed E-state index contributed by atoms with van der Waals surface area (Å²) in [6, 6.07) is 23.3. The molecule has 0 fully saturated rings. The van der Waals surface area contributed by atoms with Crippen molar-refractivity contribution in [2.75, 3.05) is 12.4 Å². The molecule has 2 nitrogen and oxygen atoms in total. The average Bonchev–Trinajstić information content (AvgIpc) is 2.48. The second-order valence-corrected chi connectivity index (χ2v) is 4.29. The number of anilines is 2. The highest BCUT2D eigenvalue weighted by Gasteiger charge is 2.01. The van der Waals surface area contributed by atoms with Gasteiger partial charge in [-0.15, -0.1) is 0 Å². The van der Waals surface area contributed by atoms with Gasteiger partial charge in [0, 0.05) is 16.8 Å². The number of hydrogen-bond acceptors (Lipinski definition) is 2. The summed E-state index contributed by atoms with van der Waals surface area (Å²) in [7, 11) is 1.67. The Labute approximate surface area is 112 Å². The molecule has 0 aliphatic rings. The van der Waals surface area contributed by atoms with Crippen LogP contribution < -0.4 is 10.1 Å². The quantitative estimate of drug-likeness (QED) is 0.742. The summed E-state index contributed by atoms with van der Waals surface area (Å²) in [5.74, 6) is 0.858. The molecule has 0 aromatic heterocycles. The molecule has 0 unspecified atom stereocenters. The molecule has 1 N–H and O–H groups in total. The van der Waals surface area contributed by atoms with Crippen molar-refractivity contribution in [2.45, 2.75) is 0 Å². The van der Waals surface area contributed by atoms with Gasteiger partial charge in [0.1, 0.15) is 5.75 Å². The summed E-state index contributed by atoms with van der Waals surface area (Å²) in [6.45, 7) is 0. The van der Waals surface area contributed by atoms with Gasteiger partial charge < -0.3 is 10.1 Å². The largest absolute Gasteiger partial charge is 0.497 e. The Morgan fingerprint density at radius 2 is 1.74 bits per heavy atom. The minimum absolute atomic E-state index is 0.858. The fourth-order valence-electron chi connectivity index (χ4n) is 2.09. The number of nitrogens with one attached hydrogen (secondary N) is 1. The maximum absolute atomic E-state index is 5.16. The van der Waals surface area contributed by atoms with Crippen molar-refractivity contribution in [3.63, 3.8) is 0 Å². The molecule has 0 amide bonds. The molecule has 1 radical (unpaired) electrons. The van der Waals surface area contributed by atoms with Gasteiger partial charge >= 0.3 is 0 Å². The highest BCUT2D eigenvalue weighted by molar-refractivity contribution is 5.94. The van der Waals surface area contributed by atoms with Gasteiger partial charge in [0.2, 0.25) is 0 Å². The van der Waals surface area contributed by atoms with Gasteiger partial charge in [0.25, 0.3) is 0 Å². The van der Waals surface area contributed by atoms with Crippen LogP contribution in [0.5, 0.6) is 5.75 Å². The molecule has 19 heavy (non-hydrogen) atoms. The highest BCUT2D eigenvalue weighted by Crippen LogP contribution is 2.26. The van der Waals surface area contributed by atoms with Gasteiger partial charge in [0.05, 0.1) is 7.11 Å². The van der Waals surface area contributed by atoms with E-state index in [4.69, 9.17) is 4.74 Å². The zero-order chi connectivity index (χ0) is 13.1. The molecule has 93 valence electrons. The van der Waals surface area contributed by atoms with E-state index >= 15 is 0 Å². The molecule has 0 spiro atoms. The smallest absolute Gasteiger partial charge is 0.119 e. The topological polar surface area (TPSA) is 21.3 Å². The first kappa shape index (κ1) is 11.6. The standard InChI is InChI=1S/C17H14NO/c1-19-15-11-9-14(10-12-15)18-17-8-4-6-13-5-2-3-7-16(13)17/h2-5,7-12,18H,1H3. The Bertz CT molecular complexity index is 684. The van der Waals surface area contributed by atoms with Crippen LogP contribution in [0.1, 0.15) is 0 Å². The van der Waals surface area contributed by atoms with Crippen LogP contribution >= 0.6 is 0 Å². The van der Waals surface area contributed by atoms with Crippen LogP contribution in [0.4, 0.5) is 11.4 Å². The maximum Gasteiger partial charge on any atom is 0.119 e. The zero-order valence-corrected chi connectivity index (χ0v) is 10.7. The molecule has 2 heteroatoms. The molecule has 3 rings (SSSR count). The lowest BCUT2D eigenvalue weighted by molar-refractivity contribution is 0.415. The molecule has 0 saturated heterocycles. The van der Waals surface area contributed by atoms with E-state index in [-0.39, 0.29) is 0 Å². The Morgan fingerprint density at radius 1 is 0.947 bits per heavy atom. The first-order chi connectivity index (χ1) is 9.36. The highest BCUT2D eigenvalue weighted by atomic mass is 16.5. The van der Waals surface area contributed by atoms with Gasteiger partial charge in [-0.2, -0.15) is 0 Å². The van der Waals surface area contributed by atoms with Crippen molar-refractivity contribution in [3.05, 3.63) is 66.7 Å². The molecule has 0 atom stereocenters. The van der Waals surface area contributed by atoms with Gasteiger partial charge in [0.15, 0.2) is 0 Å². The summed E-state index contributed by atoms with van der Waals surface area (Å²) < 4.78 is 5.16. The molecule has 3 aromatic carbocycles. The lowest BCUT2D eigenvalue weighted by Gasteiger charge is -2.10. The lowest BCUT2D eigenvalue weighted by Crippen LogP contribution is -1.91. The van der Waals surface area contributed by atoms with Crippen LogP contribution in [0, 0.1) is 6.07 Å². The predicted octanol–water partition coefficient (Wildman–Crippen LogP) is 4.39. The normalized spacial score (nSPS) is 10.4. The summed E-state index contributed by atoms with van der Waals surface area (Å²) in [4.78, 5) is 0. The molecule has 3 aromatic rings. The maximum atomic E-state index is 5.16. The second kappa shape index (κ2) is 5.02. The van der Waals surface area contributed by atoms with E-state index in [1.807, 2.05) is 48.5 Å². The second-order valence-electron chi connectivity index (χ2n) is 4.29. The molecular weight excluding hydrogens is 234 g/mol. The first-order valence-corrected chi connectivity index (χ1v) is 6.17. The average molecular weight is 248 g/mol. The number of benzene rings is 3. The van der Waals surface area contributed by atoms with Crippen molar-refractivity contribution in [1.82, 2.24) is 0 Å². The van der Waals surface area contributed by atoms with Gasteiger partial charge in [-0.05, 0) is 41.8 Å². The summed E-state index contributed by atoms with van der Waals surface area (Å²) in [5.41, 5.74) is 2.12. The Kier molecular flexibility index (Phi) is 3.07. The summed E-state index contributed by atoms with van der Waals surface area (Å²) in [5, 5.41) is 5.70. The van der Waals surface area contributed by atoms with Crippen molar-refractivity contribution in [1.29, 1.82) is 0 Å². The number of ether oxygens (including phenoxy) is 1. The van der Waals surface area contributed by atoms with Crippen molar-refractivity contribution < 1.29 is 4.74 Å². The van der Waals surface area contributed by atoms with Crippen LogP contribution in [0.25, 0.3) is 10.8 Å². The molecule has 0 bridgehead atoms. The molecule has 0 aliphatic heterocycles. The first-order valence-electron chi connectivity index (χ1n) is 6.17. The van der Waals surface area contributed by atoms with Gasteiger partial charge in [-0.1, -0.05) is 30.3 Å². The third kappa shape index (κ3) is 2.38. The Morgan fingerprint density at radius 3 is 2.53 bits per heavy atom. The fraction of sp³-hybridized carbons (Fsp3) is 0.0588. The molecule has 0 heterocycles. The van der Waals surface area contributed by atoms with Gasteiger partial charge in [-0.3, -0.25) is 0 Å². The van der Waals surface area contributed by atoms with E-state index in [1.54, 1.807) is 7.11 Å². The lowest BCUT2D eigenvalue weighted by atomic mass is 10.1. The van der Waals surface area contributed by atoms with Crippen LogP contribution in [-0.2, 0) is 0 Å². The third-order valence-corrected chi connectivity index (χ3v) is 3.08. The fourth-order valence-corrected chi connectivity index (χ4v) is 2.09. The van der Waals surface area contributed by atoms with Gasteiger partial charge in [-0.25, -0.2) is 0 Å². The Balaban J connectivity index is 1.96. The minimum Gasteiger partial charge on any atom is -0.497 e. The molecular formula is C17H14NO. The van der Waals surface area contributed by atoms with Crippen molar-refractivity contribution in [3.8, 4) is 5.75 Å². The zero-order valence-electron chi connectivity index (χ0n) is 10.7. The third-order valence-electron chi connectivity index (χ3n) is 3.08. The van der Waals surface area contributed by atoms with Crippen LogP contribution in [-0.4, -0.2) is 7.11 Å². The Hall–Kier alpha value is -2.48. The van der Waals surface area contributed by atoms with E-state index in [2.05, 4.69) is 23.5 Å². The minimum atomic E-state index is 0.858. The monoisotopic (exact) mass is 248 g/mol. The van der Waals surface area contributed by atoms with Crippen LogP contribution in [0.2, 0.25) is 0 Å². The number of hydrogen-bond donors (Lipinski definition) is 1. The number of fused-ring (bicyclic) bond motifs is 1. The van der Waals surface area contributed by atoms with Crippen LogP contribution in [0.3, 0.4) is 0 Å². The van der Waals surface area contributed by atoms with E-state index in [1.165, 1.54) is 5.39 Å². The van der Waals surface area contributed by atoms with E-state index in [0.717, 1.165) is 22.5 Å². The molecule has 0 aliphatic carbocycles. The van der Waals surface area contributed by atoms with E-state index in [0.29, 0.717) is 0 Å². The number of rotatable bonds is 3. The summed E-state index contributed by atoms with van der Waals surface area (Å²) in [6.07, 6.45) is 0. The van der Waals surface area contributed by atoms with E-state index in [9.17, 15) is 0 Å². The van der Waals surface area contributed by atoms with Crippen molar-refractivity contribution in [2.24, 2.45) is 0 Å². The predicted molar refractivity (Wildman–Crippen MR) is 79.1 cm³/mol.